The largest absolute Gasteiger partial charge is 0.391 e. The molecule has 116 valence electrons. The van der Waals surface area contributed by atoms with Crippen LogP contribution in [0.3, 0.4) is 0 Å². The lowest BCUT2D eigenvalue weighted by atomic mass is 9.69. The van der Waals surface area contributed by atoms with Crippen LogP contribution in [0, 0.1) is 5.92 Å². The molecule has 0 aromatic heterocycles. The Labute approximate surface area is 123 Å². The molecule has 0 heterocycles. The topological polar surface area (TPSA) is 20.2 Å². The quantitative estimate of drug-likeness (QED) is 0.824. The Balaban J connectivity index is 1.91. The van der Waals surface area contributed by atoms with Crippen molar-refractivity contribution >= 4 is 0 Å². The predicted molar refractivity (Wildman–Crippen MR) is 74.9 cm³/mol. The van der Waals surface area contributed by atoms with E-state index in [4.69, 9.17) is 0 Å². The van der Waals surface area contributed by atoms with Crippen LogP contribution >= 0.6 is 0 Å². The molecule has 0 amide bonds. The molecule has 0 bridgehead atoms. The van der Waals surface area contributed by atoms with Crippen molar-refractivity contribution in [2.75, 3.05) is 0 Å². The van der Waals surface area contributed by atoms with Gasteiger partial charge in [0.2, 0.25) is 0 Å². The molecule has 0 radical (unpaired) electrons. The minimum atomic E-state index is -4.21. The summed E-state index contributed by atoms with van der Waals surface area (Å²) in [6.07, 6.45) is -0.0748. The Morgan fingerprint density at radius 1 is 1.05 bits per heavy atom. The van der Waals surface area contributed by atoms with Crippen LogP contribution in [0.15, 0.2) is 24.3 Å². The average molecular weight is 298 g/mol. The summed E-state index contributed by atoms with van der Waals surface area (Å²) >= 11 is 0. The number of halogens is 3. The van der Waals surface area contributed by atoms with Crippen molar-refractivity contribution in [2.24, 2.45) is 5.92 Å². The van der Waals surface area contributed by atoms with Crippen LogP contribution < -0.4 is 0 Å². The van der Waals surface area contributed by atoms with Crippen LogP contribution in [0.2, 0.25) is 0 Å². The van der Waals surface area contributed by atoms with E-state index in [2.05, 4.69) is 0 Å². The second kappa shape index (κ2) is 5.31. The van der Waals surface area contributed by atoms with Gasteiger partial charge in [-0.25, -0.2) is 0 Å². The highest BCUT2D eigenvalue weighted by Gasteiger charge is 2.48. The summed E-state index contributed by atoms with van der Waals surface area (Å²) in [4.78, 5) is 0. The van der Waals surface area contributed by atoms with Crippen molar-refractivity contribution in [1.29, 1.82) is 0 Å². The van der Waals surface area contributed by atoms with Gasteiger partial charge in [0.25, 0.3) is 0 Å². The highest BCUT2D eigenvalue weighted by atomic mass is 19.4. The molecule has 0 aliphatic heterocycles. The maximum atomic E-state index is 13.0. The molecule has 1 aromatic carbocycles. The van der Waals surface area contributed by atoms with Gasteiger partial charge < -0.3 is 5.11 Å². The second-order valence-electron chi connectivity index (χ2n) is 6.58. The van der Waals surface area contributed by atoms with Gasteiger partial charge in [-0.05, 0) is 55.6 Å². The first-order chi connectivity index (χ1) is 9.90. The second-order valence-corrected chi connectivity index (χ2v) is 6.58. The van der Waals surface area contributed by atoms with Gasteiger partial charge in [0.05, 0.1) is 11.5 Å². The smallest absolute Gasteiger partial charge is 0.385 e. The van der Waals surface area contributed by atoms with Gasteiger partial charge in [-0.3, -0.25) is 0 Å². The Hall–Kier alpha value is -1.03. The third-order valence-electron chi connectivity index (χ3n) is 5.20. The number of alkyl halides is 3. The van der Waals surface area contributed by atoms with Crippen LogP contribution in [0.5, 0.6) is 0 Å². The van der Waals surface area contributed by atoms with Crippen LogP contribution in [-0.4, -0.2) is 11.3 Å². The summed E-state index contributed by atoms with van der Waals surface area (Å²) in [7, 11) is 0. The fourth-order valence-corrected chi connectivity index (χ4v) is 3.77. The van der Waals surface area contributed by atoms with Crippen molar-refractivity contribution in [3.8, 4) is 0 Å². The van der Waals surface area contributed by atoms with Gasteiger partial charge in [0.15, 0.2) is 0 Å². The number of benzene rings is 1. The Morgan fingerprint density at radius 2 is 1.76 bits per heavy atom. The molecule has 3 rings (SSSR count). The van der Waals surface area contributed by atoms with Gasteiger partial charge in [0, 0.05) is 0 Å². The molecule has 21 heavy (non-hydrogen) atoms. The third kappa shape index (κ3) is 2.83. The van der Waals surface area contributed by atoms with Crippen molar-refractivity contribution in [1.82, 2.24) is 0 Å². The van der Waals surface area contributed by atoms with Crippen molar-refractivity contribution < 1.29 is 18.3 Å². The fraction of sp³-hybridized carbons (Fsp3) is 0.647. The minimum Gasteiger partial charge on any atom is -0.385 e. The number of hydrogen-bond acceptors (Lipinski definition) is 1. The van der Waals surface area contributed by atoms with Crippen molar-refractivity contribution in [2.45, 2.75) is 62.6 Å². The first-order valence-electron chi connectivity index (χ1n) is 7.79. The lowest BCUT2D eigenvalue weighted by Gasteiger charge is -2.40. The number of rotatable bonds is 2. The lowest BCUT2D eigenvalue weighted by Crippen LogP contribution is -2.39. The first-order valence-corrected chi connectivity index (χ1v) is 7.79. The molecule has 2 aliphatic rings. The molecule has 2 fully saturated rings. The zero-order valence-electron chi connectivity index (χ0n) is 12.0. The van der Waals surface area contributed by atoms with E-state index < -0.39 is 17.7 Å². The van der Waals surface area contributed by atoms with E-state index in [-0.39, 0.29) is 12.8 Å². The summed E-state index contributed by atoms with van der Waals surface area (Å²) in [6, 6.07) is 7.55. The normalized spacial score (nSPS) is 31.0. The minimum absolute atomic E-state index is 0.136. The van der Waals surface area contributed by atoms with Gasteiger partial charge in [0.1, 0.15) is 0 Å². The molecule has 1 aromatic rings. The van der Waals surface area contributed by atoms with Crippen LogP contribution in [0.25, 0.3) is 0 Å². The van der Waals surface area contributed by atoms with E-state index >= 15 is 0 Å². The van der Waals surface area contributed by atoms with Crippen LogP contribution in [0.1, 0.15) is 62.0 Å². The summed E-state index contributed by atoms with van der Waals surface area (Å²) in [5, 5.41) is 10.9. The molecule has 4 heteroatoms. The zero-order chi connectivity index (χ0) is 15.1. The predicted octanol–water partition coefficient (Wildman–Crippen LogP) is 4.89. The summed E-state index contributed by atoms with van der Waals surface area (Å²) in [5.41, 5.74) is 0.489. The summed E-state index contributed by atoms with van der Waals surface area (Å²) in [6.45, 7) is 0. The highest BCUT2D eigenvalue weighted by molar-refractivity contribution is 5.36. The Kier molecular flexibility index (Phi) is 3.76. The van der Waals surface area contributed by atoms with E-state index in [0.29, 0.717) is 18.8 Å². The van der Waals surface area contributed by atoms with E-state index in [1.54, 1.807) is 0 Å². The van der Waals surface area contributed by atoms with E-state index in [1.165, 1.54) is 6.42 Å². The van der Waals surface area contributed by atoms with Crippen molar-refractivity contribution in [3.63, 3.8) is 0 Å². The van der Waals surface area contributed by atoms with E-state index in [1.807, 2.05) is 24.3 Å². The number of hydrogen-bond donors (Lipinski definition) is 1. The molecule has 2 unspecified atom stereocenters. The molecule has 2 atom stereocenters. The molecule has 2 aliphatic carbocycles. The molecular formula is C17H21F3O. The summed E-state index contributed by atoms with van der Waals surface area (Å²) in [5.74, 6) is -0.970. The van der Waals surface area contributed by atoms with E-state index in [0.717, 1.165) is 24.0 Å². The van der Waals surface area contributed by atoms with Gasteiger partial charge >= 0.3 is 6.18 Å². The zero-order valence-corrected chi connectivity index (χ0v) is 12.0. The molecule has 0 saturated heterocycles. The van der Waals surface area contributed by atoms with Crippen LogP contribution in [0.4, 0.5) is 13.2 Å². The van der Waals surface area contributed by atoms with Crippen molar-refractivity contribution in [3.05, 3.63) is 35.4 Å². The van der Waals surface area contributed by atoms with Gasteiger partial charge in [-0.15, -0.1) is 0 Å². The standard InChI is InChI=1S/C17H21F3O/c18-17(19,20)13-7-4-10-16(21,11-13)15-9-2-1-8-14(15)12-5-3-6-12/h1-2,8-9,12-13,21H,3-7,10-11H2. The summed E-state index contributed by atoms with van der Waals surface area (Å²) < 4.78 is 39.1. The maximum absolute atomic E-state index is 13.0. The monoisotopic (exact) mass is 298 g/mol. The molecular weight excluding hydrogens is 277 g/mol. The SMILES string of the molecule is OC1(c2ccccc2C2CCC2)CCCC(C(F)(F)F)C1. The Morgan fingerprint density at radius 3 is 2.38 bits per heavy atom. The van der Waals surface area contributed by atoms with Crippen LogP contribution in [-0.2, 0) is 5.60 Å². The van der Waals surface area contributed by atoms with Gasteiger partial charge in [-0.1, -0.05) is 30.7 Å². The highest BCUT2D eigenvalue weighted by Crippen LogP contribution is 2.49. The molecule has 1 nitrogen and oxygen atoms in total. The molecule has 1 N–H and O–H groups in total. The molecule has 2 saturated carbocycles. The fourth-order valence-electron chi connectivity index (χ4n) is 3.77. The van der Waals surface area contributed by atoms with Gasteiger partial charge in [-0.2, -0.15) is 13.2 Å². The molecule has 0 spiro atoms. The third-order valence-corrected chi connectivity index (χ3v) is 5.20. The maximum Gasteiger partial charge on any atom is 0.391 e. The number of aliphatic hydroxyl groups is 1. The Bertz CT molecular complexity index is 507. The lowest BCUT2D eigenvalue weighted by molar-refractivity contribution is -0.202. The average Bonchev–Trinajstić information content (AvgIpc) is 2.36. The first kappa shape index (κ1) is 14.9. The van der Waals surface area contributed by atoms with E-state index in [9.17, 15) is 18.3 Å².